The first kappa shape index (κ1) is 26.9. The fourth-order valence-electron chi connectivity index (χ4n) is 4.19. The zero-order valence-electron chi connectivity index (χ0n) is 19.9. The van der Waals surface area contributed by atoms with Gasteiger partial charge >= 0.3 is 12.1 Å². The van der Waals surface area contributed by atoms with Crippen LogP contribution < -0.4 is 16.0 Å². The van der Waals surface area contributed by atoms with Crippen LogP contribution in [0.3, 0.4) is 0 Å². The molecule has 3 amide bonds. The third kappa shape index (κ3) is 9.98. The lowest BCUT2D eigenvalue weighted by Gasteiger charge is -2.33. The molecule has 10 heteroatoms. The van der Waals surface area contributed by atoms with E-state index in [0.717, 1.165) is 38.8 Å². The van der Waals surface area contributed by atoms with Crippen molar-refractivity contribution in [3.63, 3.8) is 0 Å². The van der Waals surface area contributed by atoms with Crippen molar-refractivity contribution in [3.05, 3.63) is 0 Å². The van der Waals surface area contributed by atoms with Crippen molar-refractivity contribution in [2.24, 2.45) is 17.8 Å². The number of carbonyl (C=O) groups is 4. The number of amides is 3. The second-order valence-electron chi connectivity index (χ2n) is 9.51. The quantitative estimate of drug-likeness (QED) is 0.359. The molecule has 0 bridgehead atoms. The number of aliphatic carboxylic acids is 1. The summed E-state index contributed by atoms with van der Waals surface area (Å²) in [6.45, 7) is 6.95. The Kier molecular flexibility index (Phi) is 11.4. The molecular weight excluding hydrogens is 428 g/mol. The molecule has 4 N–H and O–H groups in total. The Hall–Kier alpha value is -2.36. The first-order chi connectivity index (χ1) is 15.8. The molecule has 10 nitrogen and oxygen atoms in total. The van der Waals surface area contributed by atoms with E-state index in [9.17, 15) is 24.3 Å². The summed E-state index contributed by atoms with van der Waals surface area (Å²) >= 11 is 0. The van der Waals surface area contributed by atoms with E-state index in [0.29, 0.717) is 44.2 Å². The first-order valence-corrected chi connectivity index (χ1v) is 12.2. The molecule has 2 fully saturated rings. The van der Waals surface area contributed by atoms with Crippen LogP contribution in [0, 0.1) is 17.8 Å². The molecule has 2 aliphatic heterocycles. The Morgan fingerprint density at radius 3 is 2.55 bits per heavy atom. The van der Waals surface area contributed by atoms with Gasteiger partial charge in [0.1, 0.15) is 6.04 Å². The second-order valence-corrected chi connectivity index (χ2v) is 9.51. The second kappa shape index (κ2) is 14.0. The van der Waals surface area contributed by atoms with Crippen molar-refractivity contribution in [1.82, 2.24) is 20.9 Å². The zero-order chi connectivity index (χ0) is 24.2. The van der Waals surface area contributed by atoms with Gasteiger partial charge in [0, 0.05) is 26.1 Å². The Balaban J connectivity index is 1.74. The topological polar surface area (TPSA) is 137 Å². The van der Waals surface area contributed by atoms with Gasteiger partial charge in [-0.1, -0.05) is 13.8 Å². The minimum atomic E-state index is -1.29. The number of nitrogens with zero attached hydrogens (tertiary/aromatic N) is 1. The average Bonchev–Trinajstić information content (AvgIpc) is 2.80. The standard InChI is InChI=1S/C23H40N4O6/c1-16(2)9-13-33-23(32)26-19(22(30)31)14-25-21(29)18-4-3-12-27(15-18)20(28)6-5-17-7-10-24-11-8-17/h16-19,24H,3-15H2,1-2H3,(H,25,29)(H,26,32)(H,30,31)/t18-,19?/m1/s1. The molecule has 0 aromatic carbocycles. The molecule has 33 heavy (non-hydrogen) atoms. The monoisotopic (exact) mass is 468 g/mol. The van der Waals surface area contributed by atoms with Crippen LogP contribution in [-0.2, 0) is 19.1 Å². The molecule has 0 aliphatic carbocycles. The third-order valence-electron chi connectivity index (χ3n) is 6.37. The number of likely N-dealkylation sites (tertiary alicyclic amines) is 1. The molecule has 1 unspecified atom stereocenters. The van der Waals surface area contributed by atoms with Gasteiger partial charge in [-0.05, 0) is 63.5 Å². The summed E-state index contributed by atoms with van der Waals surface area (Å²) in [7, 11) is 0. The molecule has 2 aliphatic rings. The van der Waals surface area contributed by atoms with Crippen LogP contribution >= 0.6 is 0 Å². The lowest BCUT2D eigenvalue weighted by molar-refractivity contribution is -0.139. The molecule has 2 saturated heterocycles. The summed E-state index contributed by atoms with van der Waals surface area (Å²) < 4.78 is 4.99. The molecule has 2 heterocycles. The summed E-state index contributed by atoms with van der Waals surface area (Å²) in [6.07, 6.45) is 4.82. The van der Waals surface area contributed by atoms with Crippen LogP contribution in [-0.4, -0.2) is 79.3 Å². The van der Waals surface area contributed by atoms with Crippen molar-refractivity contribution in [1.29, 1.82) is 0 Å². The van der Waals surface area contributed by atoms with Crippen LogP contribution in [0.2, 0.25) is 0 Å². The van der Waals surface area contributed by atoms with Crippen LogP contribution in [0.1, 0.15) is 58.8 Å². The minimum Gasteiger partial charge on any atom is -0.480 e. The fraction of sp³-hybridized carbons (Fsp3) is 0.826. The Bertz CT molecular complexity index is 665. The van der Waals surface area contributed by atoms with E-state index in [1.54, 1.807) is 4.90 Å². The highest BCUT2D eigenvalue weighted by atomic mass is 16.5. The van der Waals surface area contributed by atoms with E-state index in [2.05, 4.69) is 16.0 Å². The molecule has 188 valence electrons. The number of hydrogen-bond acceptors (Lipinski definition) is 6. The predicted molar refractivity (Wildman–Crippen MR) is 123 cm³/mol. The summed E-state index contributed by atoms with van der Waals surface area (Å²) in [6, 6.07) is -1.29. The number of carbonyl (C=O) groups excluding carboxylic acids is 3. The molecular formula is C23H40N4O6. The number of hydrogen-bond donors (Lipinski definition) is 4. The average molecular weight is 469 g/mol. The highest BCUT2D eigenvalue weighted by Gasteiger charge is 2.30. The van der Waals surface area contributed by atoms with Gasteiger partial charge in [-0.15, -0.1) is 0 Å². The zero-order valence-corrected chi connectivity index (χ0v) is 19.9. The van der Waals surface area contributed by atoms with Crippen molar-refractivity contribution in [2.75, 3.05) is 39.3 Å². The SMILES string of the molecule is CC(C)CCOC(=O)NC(CNC(=O)[C@@H]1CCCN(C(=O)CCC2CCNCC2)C1)C(=O)O. The summed E-state index contributed by atoms with van der Waals surface area (Å²) in [5.74, 6) is -0.911. The lowest BCUT2D eigenvalue weighted by atomic mass is 9.92. The van der Waals surface area contributed by atoms with Crippen LogP contribution in [0.25, 0.3) is 0 Å². The molecule has 0 aromatic heterocycles. The van der Waals surface area contributed by atoms with E-state index in [1.807, 2.05) is 13.8 Å². The smallest absolute Gasteiger partial charge is 0.407 e. The minimum absolute atomic E-state index is 0.0836. The Labute approximate surface area is 196 Å². The number of carboxylic acid groups (broad SMARTS) is 1. The number of piperidine rings is 2. The lowest BCUT2D eigenvalue weighted by Crippen LogP contribution is -2.51. The number of rotatable bonds is 11. The van der Waals surface area contributed by atoms with Gasteiger partial charge in [0.25, 0.3) is 0 Å². The number of carboxylic acids is 1. The highest BCUT2D eigenvalue weighted by Crippen LogP contribution is 2.21. The normalized spacial score (nSPS) is 20.2. The maximum Gasteiger partial charge on any atom is 0.407 e. The summed E-state index contributed by atoms with van der Waals surface area (Å²) in [4.78, 5) is 50.3. The molecule has 0 aromatic rings. The van der Waals surface area contributed by atoms with E-state index in [-0.39, 0.29) is 30.9 Å². The predicted octanol–water partition coefficient (Wildman–Crippen LogP) is 1.35. The number of alkyl carbamates (subject to hydrolysis) is 1. The van der Waals surface area contributed by atoms with Gasteiger partial charge in [-0.25, -0.2) is 9.59 Å². The maximum atomic E-state index is 12.7. The van der Waals surface area contributed by atoms with Gasteiger partial charge in [-0.2, -0.15) is 0 Å². The molecule has 0 radical (unpaired) electrons. The molecule has 0 saturated carbocycles. The maximum absolute atomic E-state index is 12.7. The number of ether oxygens (including phenoxy) is 1. The van der Waals surface area contributed by atoms with E-state index < -0.39 is 18.1 Å². The van der Waals surface area contributed by atoms with Gasteiger partial charge < -0.3 is 30.7 Å². The summed E-state index contributed by atoms with van der Waals surface area (Å²) in [5.41, 5.74) is 0. The fourth-order valence-corrected chi connectivity index (χ4v) is 4.19. The van der Waals surface area contributed by atoms with Crippen molar-refractivity contribution >= 4 is 23.9 Å². The Morgan fingerprint density at radius 1 is 1.15 bits per heavy atom. The highest BCUT2D eigenvalue weighted by molar-refractivity contribution is 5.83. The largest absolute Gasteiger partial charge is 0.480 e. The van der Waals surface area contributed by atoms with Crippen LogP contribution in [0.4, 0.5) is 4.79 Å². The first-order valence-electron chi connectivity index (χ1n) is 12.2. The van der Waals surface area contributed by atoms with E-state index >= 15 is 0 Å². The molecule has 2 atom stereocenters. The Morgan fingerprint density at radius 2 is 1.88 bits per heavy atom. The molecule has 2 rings (SSSR count). The summed E-state index contributed by atoms with van der Waals surface area (Å²) in [5, 5.41) is 17.6. The van der Waals surface area contributed by atoms with Gasteiger partial charge in [0.2, 0.25) is 11.8 Å². The van der Waals surface area contributed by atoms with Crippen molar-refractivity contribution < 1.29 is 29.0 Å². The number of nitrogens with one attached hydrogen (secondary N) is 3. The van der Waals surface area contributed by atoms with E-state index in [4.69, 9.17) is 4.74 Å². The van der Waals surface area contributed by atoms with Crippen molar-refractivity contribution in [2.45, 2.75) is 64.8 Å². The van der Waals surface area contributed by atoms with Crippen molar-refractivity contribution in [3.8, 4) is 0 Å². The van der Waals surface area contributed by atoms with Gasteiger partial charge in [0.05, 0.1) is 12.5 Å². The van der Waals surface area contributed by atoms with Gasteiger partial charge in [-0.3, -0.25) is 9.59 Å². The van der Waals surface area contributed by atoms with Gasteiger partial charge in [0.15, 0.2) is 0 Å². The van der Waals surface area contributed by atoms with E-state index in [1.165, 1.54) is 0 Å². The van der Waals surface area contributed by atoms with Crippen LogP contribution in [0.5, 0.6) is 0 Å². The molecule has 0 spiro atoms. The third-order valence-corrected chi connectivity index (χ3v) is 6.37. The van der Waals surface area contributed by atoms with Crippen LogP contribution in [0.15, 0.2) is 0 Å².